The predicted molar refractivity (Wildman–Crippen MR) is 58.8 cm³/mol. The lowest BCUT2D eigenvalue weighted by molar-refractivity contribution is 0.236. The number of nitriles is 1. The normalized spacial score (nSPS) is 29.9. The third-order valence-electron chi connectivity index (χ3n) is 3.39. The molecule has 0 spiro atoms. The van der Waals surface area contributed by atoms with Gasteiger partial charge in [-0.15, -0.1) is 0 Å². The number of nitrogens with one attached hydrogen (secondary N) is 1. The second-order valence-electron chi connectivity index (χ2n) is 4.87. The van der Waals surface area contributed by atoms with Crippen molar-refractivity contribution in [1.82, 2.24) is 5.32 Å². The minimum Gasteiger partial charge on any atom is -0.299 e. The molecule has 1 N–H and O–H groups in total. The fourth-order valence-electron chi connectivity index (χ4n) is 2.34. The highest BCUT2D eigenvalue weighted by molar-refractivity contribution is 4.89. The monoisotopic (exact) mass is 194 g/mol. The van der Waals surface area contributed by atoms with Gasteiger partial charge in [0.1, 0.15) is 0 Å². The van der Waals surface area contributed by atoms with Crippen LogP contribution >= 0.6 is 0 Å². The van der Waals surface area contributed by atoms with Gasteiger partial charge in [0.2, 0.25) is 0 Å². The van der Waals surface area contributed by atoms with E-state index >= 15 is 0 Å². The molecule has 0 aromatic rings. The fourth-order valence-corrected chi connectivity index (χ4v) is 2.34. The van der Waals surface area contributed by atoms with Gasteiger partial charge in [-0.3, -0.25) is 5.32 Å². The molecule has 2 nitrogen and oxygen atoms in total. The fraction of sp³-hybridized carbons (Fsp3) is 0.917. The second-order valence-corrected chi connectivity index (χ2v) is 4.87. The van der Waals surface area contributed by atoms with E-state index in [1.54, 1.807) is 0 Å². The van der Waals surface area contributed by atoms with E-state index in [0.717, 1.165) is 11.8 Å². The minimum atomic E-state index is 0.00981. The number of rotatable bonds is 3. The van der Waals surface area contributed by atoms with Crippen LogP contribution in [-0.2, 0) is 0 Å². The van der Waals surface area contributed by atoms with Crippen molar-refractivity contribution in [2.75, 3.05) is 0 Å². The molecule has 1 saturated carbocycles. The SMILES string of the molecule is CC(C#N)NC1CCC(C(C)C)CC1. The molecule has 1 aliphatic rings. The summed E-state index contributed by atoms with van der Waals surface area (Å²) >= 11 is 0. The molecule has 0 aliphatic heterocycles. The summed E-state index contributed by atoms with van der Waals surface area (Å²) in [4.78, 5) is 0. The summed E-state index contributed by atoms with van der Waals surface area (Å²) in [5, 5.41) is 12.1. The second kappa shape index (κ2) is 5.36. The van der Waals surface area contributed by atoms with Gasteiger partial charge in [0.05, 0.1) is 12.1 Å². The summed E-state index contributed by atoms with van der Waals surface area (Å²) in [6.07, 6.45) is 5.14. The molecule has 1 atom stereocenters. The molecule has 1 aliphatic carbocycles. The van der Waals surface area contributed by atoms with E-state index in [1.165, 1.54) is 25.7 Å². The van der Waals surface area contributed by atoms with E-state index in [9.17, 15) is 0 Å². The molecule has 0 aromatic carbocycles. The highest BCUT2D eigenvalue weighted by atomic mass is 14.9. The maximum absolute atomic E-state index is 8.69. The van der Waals surface area contributed by atoms with Gasteiger partial charge in [-0.2, -0.15) is 5.26 Å². The molecule has 2 heteroatoms. The Morgan fingerprint density at radius 3 is 2.14 bits per heavy atom. The van der Waals surface area contributed by atoms with Crippen LogP contribution in [0.1, 0.15) is 46.5 Å². The van der Waals surface area contributed by atoms with E-state index < -0.39 is 0 Å². The number of hydrogen-bond acceptors (Lipinski definition) is 2. The average Bonchev–Trinajstić information content (AvgIpc) is 2.18. The highest BCUT2D eigenvalue weighted by Crippen LogP contribution is 2.29. The van der Waals surface area contributed by atoms with Crippen LogP contribution in [0.25, 0.3) is 0 Å². The Bertz CT molecular complexity index is 197. The maximum Gasteiger partial charge on any atom is 0.0926 e. The summed E-state index contributed by atoms with van der Waals surface area (Å²) < 4.78 is 0. The van der Waals surface area contributed by atoms with Crippen LogP contribution in [0.5, 0.6) is 0 Å². The van der Waals surface area contributed by atoms with Crippen LogP contribution in [0.2, 0.25) is 0 Å². The lowest BCUT2D eigenvalue weighted by Gasteiger charge is -2.31. The van der Waals surface area contributed by atoms with Crippen molar-refractivity contribution in [3.8, 4) is 6.07 Å². The number of hydrogen-bond donors (Lipinski definition) is 1. The Hall–Kier alpha value is -0.550. The topological polar surface area (TPSA) is 35.8 Å². The Morgan fingerprint density at radius 1 is 1.14 bits per heavy atom. The van der Waals surface area contributed by atoms with Gasteiger partial charge in [0.25, 0.3) is 0 Å². The van der Waals surface area contributed by atoms with Crippen LogP contribution in [0.3, 0.4) is 0 Å². The van der Waals surface area contributed by atoms with Crippen molar-refractivity contribution < 1.29 is 0 Å². The Kier molecular flexibility index (Phi) is 4.41. The van der Waals surface area contributed by atoms with Gasteiger partial charge in [0.15, 0.2) is 0 Å². The zero-order valence-electron chi connectivity index (χ0n) is 9.59. The zero-order valence-corrected chi connectivity index (χ0v) is 9.59. The lowest BCUT2D eigenvalue weighted by Crippen LogP contribution is -2.38. The van der Waals surface area contributed by atoms with Gasteiger partial charge >= 0.3 is 0 Å². The quantitative estimate of drug-likeness (QED) is 0.750. The Labute approximate surface area is 87.7 Å². The molecule has 0 saturated heterocycles. The third-order valence-corrected chi connectivity index (χ3v) is 3.39. The zero-order chi connectivity index (χ0) is 10.6. The van der Waals surface area contributed by atoms with Gasteiger partial charge in [0, 0.05) is 6.04 Å². The first-order valence-electron chi connectivity index (χ1n) is 5.79. The minimum absolute atomic E-state index is 0.00981. The van der Waals surface area contributed by atoms with Crippen molar-refractivity contribution in [3.05, 3.63) is 0 Å². The molecular weight excluding hydrogens is 172 g/mol. The molecule has 0 bridgehead atoms. The largest absolute Gasteiger partial charge is 0.299 e. The lowest BCUT2D eigenvalue weighted by atomic mass is 9.79. The summed E-state index contributed by atoms with van der Waals surface area (Å²) in [6, 6.07) is 2.83. The van der Waals surface area contributed by atoms with Crippen LogP contribution in [0, 0.1) is 23.2 Å². The molecule has 0 amide bonds. The molecular formula is C12H22N2. The first kappa shape index (κ1) is 11.5. The van der Waals surface area contributed by atoms with Crippen molar-refractivity contribution in [2.45, 2.75) is 58.5 Å². The van der Waals surface area contributed by atoms with Crippen molar-refractivity contribution in [2.24, 2.45) is 11.8 Å². The molecule has 0 heterocycles. The number of nitrogens with zero attached hydrogens (tertiary/aromatic N) is 1. The maximum atomic E-state index is 8.69. The van der Waals surface area contributed by atoms with Gasteiger partial charge < -0.3 is 0 Å². The first-order chi connectivity index (χ1) is 6.63. The third kappa shape index (κ3) is 3.31. The van der Waals surface area contributed by atoms with Crippen molar-refractivity contribution in [3.63, 3.8) is 0 Å². The van der Waals surface area contributed by atoms with E-state index in [4.69, 9.17) is 5.26 Å². The van der Waals surface area contributed by atoms with Crippen LogP contribution in [0.15, 0.2) is 0 Å². The molecule has 1 fully saturated rings. The van der Waals surface area contributed by atoms with Crippen molar-refractivity contribution in [1.29, 1.82) is 5.26 Å². The molecule has 0 aromatic heterocycles. The predicted octanol–water partition coefficient (Wildman–Crippen LogP) is 2.70. The Morgan fingerprint density at radius 2 is 1.71 bits per heavy atom. The molecule has 1 unspecified atom stereocenters. The average molecular weight is 194 g/mol. The standard InChI is InChI=1S/C12H22N2/c1-9(2)11-4-6-12(7-5-11)14-10(3)8-13/h9-12,14H,4-7H2,1-3H3. The van der Waals surface area contributed by atoms with E-state index in [2.05, 4.69) is 25.2 Å². The summed E-state index contributed by atoms with van der Waals surface area (Å²) in [6.45, 7) is 6.57. The highest BCUT2D eigenvalue weighted by Gasteiger charge is 2.23. The summed E-state index contributed by atoms with van der Waals surface area (Å²) in [5.41, 5.74) is 0. The van der Waals surface area contributed by atoms with Gasteiger partial charge in [-0.05, 0) is 44.4 Å². The van der Waals surface area contributed by atoms with Gasteiger partial charge in [-0.25, -0.2) is 0 Å². The van der Waals surface area contributed by atoms with Crippen LogP contribution in [0.4, 0.5) is 0 Å². The Balaban J connectivity index is 2.26. The van der Waals surface area contributed by atoms with E-state index in [1.807, 2.05) is 6.92 Å². The molecule has 80 valence electrons. The van der Waals surface area contributed by atoms with Gasteiger partial charge in [-0.1, -0.05) is 13.8 Å². The smallest absolute Gasteiger partial charge is 0.0926 e. The van der Waals surface area contributed by atoms with E-state index in [-0.39, 0.29) is 6.04 Å². The first-order valence-corrected chi connectivity index (χ1v) is 5.79. The molecule has 1 rings (SSSR count). The molecule has 0 radical (unpaired) electrons. The molecule has 14 heavy (non-hydrogen) atoms. The van der Waals surface area contributed by atoms with Crippen molar-refractivity contribution >= 4 is 0 Å². The van der Waals surface area contributed by atoms with Crippen LogP contribution in [-0.4, -0.2) is 12.1 Å². The summed E-state index contributed by atoms with van der Waals surface area (Å²) in [5.74, 6) is 1.73. The van der Waals surface area contributed by atoms with Crippen LogP contribution < -0.4 is 5.32 Å². The summed E-state index contributed by atoms with van der Waals surface area (Å²) in [7, 11) is 0. The van der Waals surface area contributed by atoms with E-state index in [0.29, 0.717) is 6.04 Å².